The Morgan fingerprint density at radius 2 is 1.33 bits per heavy atom. The number of esters is 2. The van der Waals surface area contributed by atoms with Crippen molar-refractivity contribution in [1.29, 1.82) is 0 Å². The molecule has 0 radical (unpaired) electrons. The largest absolute Gasteiger partial charge is 0.465 e. The summed E-state index contributed by atoms with van der Waals surface area (Å²) in [5.74, 6) is -0.768. The van der Waals surface area contributed by atoms with Crippen LogP contribution >= 0.6 is 23.2 Å². The molecule has 0 spiro atoms. The molecule has 1 fully saturated rings. The molecule has 0 bridgehead atoms. The van der Waals surface area contributed by atoms with Crippen molar-refractivity contribution in [1.82, 2.24) is 29.8 Å². The number of aryl methyl sites for hydroxylation is 2. The summed E-state index contributed by atoms with van der Waals surface area (Å²) in [5.41, 5.74) is 8.13. The standard InChI is InChI=1S/C23H27ClN4O2.C16H13ClN2O2/c1-16-4-5-18(21(24)12-16)17-13-19(23(29)30-3)20-15-28(25-22(20)14-17)11-10-27-8-6-26(2)7-9-27;1-9-3-4-11(14(17)5-9)10-6-12(16(20)21-2)13-8-18-19-15(13)7-10/h4-5,12-15H,6-11H2,1-3H3;3-8H,1-2H3,(H,18,19). The van der Waals surface area contributed by atoms with Crippen molar-refractivity contribution in [3.63, 3.8) is 0 Å². The molecule has 0 saturated carbocycles. The van der Waals surface area contributed by atoms with E-state index in [1.54, 1.807) is 12.3 Å². The Kier molecular flexibility index (Phi) is 11.1. The summed E-state index contributed by atoms with van der Waals surface area (Å²) in [7, 11) is 4.92. The number of halogens is 2. The second-order valence-corrected chi connectivity index (χ2v) is 13.6. The minimum Gasteiger partial charge on any atom is -0.465 e. The number of piperazine rings is 1. The fraction of sp³-hybridized carbons (Fsp3) is 0.282. The number of methoxy groups -OCH3 is 2. The number of likely N-dealkylation sites (N-methyl/N-ethyl adjacent to an activating group) is 1. The number of hydrogen-bond donors (Lipinski definition) is 1. The summed E-state index contributed by atoms with van der Waals surface area (Å²) in [6, 6.07) is 19.3. The van der Waals surface area contributed by atoms with Crippen molar-refractivity contribution in [2.24, 2.45) is 0 Å². The van der Waals surface area contributed by atoms with E-state index in [1.807, 2.05) is 79.3 Å². The number of nitrogens with zero attached hydrogens (tertiary/aromatic N) is 5. The summed E-state index contributed by atoms with van der Waals surface area (Å²) in [6.45, 7) is 10.0. The average Bonchev–Trinajstić information content (AvgIpc) is 3.77. The molecule has 2 aromatic heterocycles. The first-order chi connectivity index (χ1) is 24.5. The lowest BCUT2D eigenvalue weighted by molar-refractivity contribution is 0.0594. The number of rotatable bonds is 7. The van der Waals surface area contributed by atoms with E-state index in [0.29, 0.717) is 21.2 Å². The van der Waals surface area contributed by atoms with Gasteiger partial charge in [-0.25, -0.2) is 9.59 Å². The zero-order valence-electron chi connectivity index (χ0n) is 29.3. The average molecular weight is 728 g/mol. The number of hydrogen-bond acceptors (Lipinski definition) is 8. The van der Waals surface area contributed by atoms with Gasteiger partial charge < -0.3 is 14.4 Å². The van der Waals surface area contributed by atoms with E-state index in [2.05, 4.69) is 27.0 Å². The van der Waals surface area contributed by atoms with Crippen LogP contribution in [0.15, 0.2) is 73.1 Å². The van der Waals surface area contributed by atoms with Crippen molar-refractivity contribution < 1.29 is 19.1 Å². The van der Waals surface area contributed by atoms with Gasteiger partial charge >= 0.3 is 11.9 Å². The van der Waals surface area contributed by atoms with Crippen LogP contribution in [0.4, 0.5) is 0 Å². The molecule has 1 aliphatic rings. The molecule has 3 heterocycles. The Labute approximate surface area is 306 Å². The van der Waals surface area contributed by atoms with E-state index in [0.717, 1.165) is 94.5 Å². The number of carbonyl (C=O) groups is 2. The maximum absolute atomic E-state index is 12.5. The molecule has 0 aliphatic carbocycles. The molecule has 6 aromatic rings. The molecule has 0 atom stereocenters. The van der Waals surface area contributed by atoms with Gasteiger partial charge in [0.25, 0.3) is 0 Å². The number of nitrogens with one attached hydrogen (secondary N) is 1. The van der Waals surface area contributed by atoms with E-state index in [9.17, 15) is 9.59 Å². The van der Waals surface area contributed by atoms with E-state index in [1.165, 1.54) is 14.2 Å². The molecule has 51 heavy (non-hydrogen) atoms. The maximum atomic E-state index is 12.5. The van der Waals surface area contributed by atoms with Crippen molar-refractivity contribution in [3.8, 4) is 22.3 Å². The normalized spacial score (nSPS) is 13.6. The predicted molar refractivity (Wildman–Crippen MR) is 203 cm³/mol. The molecule has 4 aromatic carbocycles. The smallest absolute Gasteiger partial charge is 0.338 e. The number of aromatic amines is 1. The van der Waals surface area contributed by atoms with Gasteiger partial charge in [0.15, 0.2) is 0 Å². The number of aromatic nitrogens is 4. The van der Waals surface area contributed by atoms with Crippen LogP contribution in [0.3, 0.4) is 0 Å². The highest BCUT2D eigenvalue weighted by Crippen LogP contribution is 2.34. The Balaban J connectivity index is 0.000000187. The van der Waals surface area contributed by atoms with Crippen LogP contribution in [0.25, 0.3) is 44.1 Å². The van der Waals surface area contributed by atoms with Crippen LogP contribution in [0.2, 0.25) is 10.0 Å². The lowest BCUT2D eigenvalue weighted by atomic mass is 9.99. The first-order valence-corrected chi connectivity index (χ1v) is 17.4. The van der Waals surface area contributed by atoms with E-state index < -0.39 is 5.97 Å². The SMILES string of the molecule is COC(=O)c1cc(-c2ccc(C)cc2Cl)cc2[nH]ncc12.COC(=O)c1cc(-c2ccc(C)cc2Cl)cc2nn(CCN3CCN(C)CC3)cc12. The highest BCUT2D eigenvalue weighted by molar-refractivity contribution is 6.34. The fourth-order valence-corrected chi connectivity index (χ4v) is 6.92. The van der Waals surface area contributed by atoms with Crippen LogP contribution in [-0.4, -0.2) is 95.7 Å². The number of fused-ring (bicyclic) bond motifs is 2. The highest BCUT2D eigenvalue weighted by atomic mass is 35.5. The lowest BCUT2D eigenvalue weighted by Crippen LogP contribution is -2.45. The third-order valence-corrected chi connectivity index (χ3v) is 9.78. The third-order valence-electron chi connectivity index (χ3n) is 9.15. The minimum absolute atomic E-state index is 0.372. The molecule has 1 N–H and O–H groups in total. The Hall–Kier alpha value is -4.74. The number of ether oxygens (including phenoxy) is 2. The van der Waals surface area contributed by atoms with Crippen LogP contribution in [0.5, 0.6) is 0 Å². The van der Waals surface area contributed by atoms with E-state index >= 15 is 0 Å². The van der Waals surface area contributed by atoms with Crippen molar-refractivity contribution >= 4 is 56.9 Å². The van der Waals surface area contributed by atoms with Gasteiger partial charge in [-0.15, -0.1) is 0 Å². The highest BCUT2D eigenvalue weighted by Gasteiger charge is 2.19. The van der Waals surface area contributed by atoms with E-state index in [-0.39, 0.29) is 5.97 Å². The molecular formula is C39H40Cl2N6O4. The molecule has 1 aliphatic heterocycles. The fourth-order valence-electron chi connectivity index (χ4n) is 6.23. The summed E-state index contributed by atoms with van der Waals surface area (Å²) >= 11 is 12.8. The van der Waals surface area contributed by atoms with E-state index in [4.69, 9.17) is 37.8 Å². The second-order valence-electron chi connectivity index (χ2n) is 12.8. The molecule has 0 amide bonds. The molecule has 10 nitrogen and oxygen atoms in total. The second kappa shape index (κ2) is 15.7. The topological polar surface area (TPSA) is 106 Å². The van der Waals surface area contributed by atoms with Crippen molar-refractivity contribution in [2.75, 3.05) is 54.0 Å². The summed E-state index contributed by atoms with van der Waals surface area (Å²) in [5, 5.41) is 14.4. The van der Waals surface area contributed by atoms with Crippen LogP contribution in [0.1, 0.15) is 31.8 Å². The van der Waals surface area contributed by atoms with Gasteiger partial charge in [-0.05, 0) is 79.5 Å². The van der Waals surface area contributed by atoms with Crippen LogP contribution in [0, 0.1) is 13.8 Å². The zero-order valence-corrected chi connectivity index (χ0v) is 30.8. The van der Waals surface area contributed by atoms with Gasteiger partial charge in [-0.3, -0.25) is 14.7 Å². The third kappa shape index (κ3) is 8.10. The number of benzene rings is 4. The molecular weight excluding hydrogens is 687 g/mol. The lowest BCUT2D eigenvalue weighted by Gasteiger charge is -2.32. The summed E-state index contributed by atoms with van der Waals surface area (Å²) < 4.78 is 11.8. The van der Waals surface area contributed by atoms with Gasteiger partial charge in [0.05, 0.1) is 49.1 Å². The zero-order chi connectivity index (χ0) is 36.2. The molecule has 0 unspecified atom stereocenters. The minimum atomic E-state index is -0.397. The van der Waals surface area contributed by atoms with Gasteiger partial charge in [0.2, 0.25) is 0 Å². The van der Waals surface area contributed by atoms with Crippen molar-refractivity contribution in [3.05, 3.63) is 105 Å². The number of H-pyrrole nitrogens is 1. The molecule has 264 valence electrons. The Morgan fingerprint density at radius 1 is 0.765 bits per heavy atom. The molecule has 7 rings (SSSR count). The van der Waals surface area contributed by atoms with Gasteiger partial charge in [-0.1, -0.05) is 47.5 Å². The Morgan fingerprint density at radius 3 is 1.90 bits per heavy atom. The quantitative estimate of drug-likeness (QED) is 0.167. The summed E-state index contributed by atoms with van der Waals surface area (Å²) in [4.78, 5) is 29.2. The van der Waals surface area contributed by atoms with Gasteiger partial charge in [-0.2, -0.15) is 10.2 Å². The first kappa shape index (κ1) is 36.1. The van der Waals surface area contributed by atoms with Gasteiger partial charge in [0, 0.05) is 70.9 Å². The predicted octanol–water partition coefficient (Wildman–Crippen LogP) is 7.68. The Bertz CT molecular complexity index is 2220. The number of carbonyl (C=O) groups excluding carboxylic acids is 2. The van der Waals surface area contributed by atoms with Crippen LogP contribution in [-0.2, 0) is 16.0 Å². The van der Waals surface area contributed by atoms with Crippen molar-refractivity contribution in [2.45, 2.75) is 20.4 Å². The monoisotopic (exact) mass is 726 g/mol. The van der Waals surface area contributed by atoms with Gasteiger partial charge in [0.1, 0.15) is 0 Å². The summed E-state index contributed by atoms with van der Waals surface area (Å²) in [6.07, 6.45) is 3.56. The van der Waals surface area contributed by atoms with Crippen LogP contribution < -0.4 is 0 Å². The first-order valence-electron chi connectivity index (χ1n) is 16.6. The molecule has 1 saturated heterocycles. The maximum Gasteiger partial charge on any atom is 0.338 e. The molecule has 12 heteroatoms.